The third kappa shape index (κ3) is 1.06. The molecule has 2 saturated heterocycles. The average molecular weight is 142 g/mol. The minimum atomic E-state index is 0.142. The lowest BCUT2D eigenvalue weighted by Gasteiger charge is -2.24. The zero-order chi connectivity index (χ0) is 6.97. The summed E-state index contributed by atoms with van der Waals surface area (Å²) in [5, 5.41) is 0. The monoisotopic (exact) mass is 142 g/mol. The summed E-state index contributed by atoms with van der Waals surface area (Å²) in [5.41, 5.74) is 0. The first-order valence-corrected chi connectivity index (χ1v) is 4.15. The van der Waals surface area contributed by atoms with Gasteiger partial charge in [-0.1, -0.05) is 13.3 Å². The molecule has 0 aromatic rings. The molecule has 3 unspecified atom stereocenters. The van der Waals surface area contributed by atoms with Crippen LogP contribution < -0.4 is 0 Å². The fraction of sp³-hybridized carbons (Fsp3) is 1.00. The standard InChI is InChI=1S/C8H14O2/c1-2-6-3-7-5-9-8(4-6)10-7/h6-8H,2-5H2,1H3. The molecule has 2 bridgehead atoms. The molecule has 2 aliphatic heterocycles. The van der Waals surface area contributed by atoms with Crippen molar-refractivity contribution in [2.75, 3.05) is 6.61 Å². The number of fused-ring (bicyclic) bond motifs is 2. The van der Waals surface area contributed by atoms with Crippen molar-refractivity contribution in [1.29, 1.82) is 0 Å². The third-order valence-electron chi connectivity index (χ3n) is 2.51. The molecule has 2 heteroatoms. The molecular weight excluding hydrogens is 128 g/mol. The van der Waals surface area contributed by atoms with E-state index in [0.717, 1.165) is 18.9 Å². The maximum atomic E-state index is 5.51. The van der Waals surface area contributed by atoms with Gasteiger partial charge in [0, 0.05) is 6.42 Å². The second kappa shape index (κ2) is 2.51. The van der Waals surface area contributed by atoms with Crippen LogP contribution in [0.25, 0.3) is 0 Å². The number of hydrogen-bond acceptors (Lipinski definition) is 2. The van der Waals surface area contributed by atoms with Crippen LogP contribution in [0.4, 0.5) is 0 Å². The lowest BCUT2D eigenvalue weighted by molar-refractivity contribution is -0.0982. The molecule has 0 N–H and O–H groups in total. The normalized spacial score (nSPS) is 45.9. The van der Waals surface area contributed by atoms with E-state index in [9.17, 15) is 0 Å². The SMILES string of the molecule is CCC1CC2COC(C1)O2. The van der Waals surface area contributed by atoms with Crippen molar-refractivity contribution in [2.24, 2.45) is 5.92 Å². The first-order chi connectivity index (χ1) is 4.88. The summed E-state index contributed by atoms with van der Waals surface area (Å²) in [6.07, 6.45) is 4.17. The van der Waals surface area contributed by atoms with Crippen LogP contribution in [0, 0.1) is 5.92 Å². The van der Waals surface area contributed by atoms with Crippen molar-refractivity contribution in [2.45, 2.75) is 38.6 Å². The highest BCUT2D eigenvalue weighted by atomic mass is 16.7. The predicted molar refractivity (Wildman–Crippen MR) is 37.6 cm³/mol. The minimum Gasteiger partial charge on any atom is -0.350 e. The second-order valence-corrected chi connectivity index (χ2v) is 3.27. The van der Waals surface area contributed by atoms with Crippen molar-refractivity contribution in [3.05, 3.63) is 0 Å². The first kappa shape index (κ1) is 6.62. The Labute approximate surface area is 61.5 Å². The highest BCUT2D eigenvalue weighted by Crippen LogP contribution is 2.32. The van der Waals surface area contributed by atoms with Gasteiger partial charge in [0.25, 0.3) is 0 Å². The van der Waals surface area contributed by atoms with E-state index in [1.54, 1.807) is 0 Å². The van der Waals surface area contributed by atoms with Gasteiger partial charge in [0.1, 0.15) is 0 Å². The van der Waals surface area contributed by atoms with Crippen LogP contribution in [0.2, 0.25) is 0 Å². The van der Waals surface area contributed by atoms with Crippen molar-refractivity contribution in [1.82, 2.24) is 0 Å². The Morgan fingerprint density at radius 3 is 3.00 bits per heavy atom. The van der Waals surface area contributed by atoms with Crippen molar-refractivity contribution >= 4 is 0 Å². The van der Waals surface area contributed by atoms with E-state index in [4.69, 9.17) is 9.47 Å². The van der Waals surface area contributed by atoms with Gasteiger partial charge in [-0.2, -0.15) is 0 Å². The molecule has 3 atom stereocenters. The van der Waals surface area contributed by atoms with E-state index in [-0.39, 0.29) is 6.29 Å². The van der Waals surface area contributed by atoms with Crippen LogP contribution in [0.5, 0.6) is 0 Å². The molecule has 0 aliphatic carbocycles. The van der Waals surface area contributed by atoms with Gasteiger partial charge in [-0.3, -0.25) is 0 Å². The molecular formula is C8H14O2. The van der Waals surface area contributed by atoms with E-state index in [2.05, 4.69) is 6.92 Å². The predicted octanol–water partition coefficient (Wildman–Crippen LogP) is 1.55. The molecule has 0 spiro atoms. The van der Waals surface area contributed by atoms with Crippen LogP contribution in [0.1, 0.15) is 26.2 Å². The maximum absolute atomic E-state index is 5.51. The number of ether oxygens (including phenoxy) is 2. The summed E-state index contributed by atoms with van der Waals surface area (Å²) in [6, 6.07) is 0. The Kier molecular flexibility index (Phi) is 1.66. The first-order valence-electron chi connectivity index (χ1n) is 4.15. The molecule has 0 aromatic heterocycles. The molecule has 2 nitrogen and oxygen atoms in total. The Balaban J connectivity index is 1.96. The van der Waals surface area contributed by atoms with Gasteiger partial charge in [0.05, 0.1) is 12.7 Å². The minimum absolute atomic E-state index is 0.142. The molecule has 0 saturated carbocycles. The maximum Gasteiger partial charge on any atom is 0.158 e. The Bertz CT molecular complexity index is 112. The highest BCUT2D eigenvalue weighted by molar-refractivity contribution is 4.77. The Morgan fingerprint density at radius 1 is 1.40 bits per heavy atom. The van der Waals surface area contributed by atoms with Crippen LogP contribution in [0.3, 0.4) is 0 Å². The molecule has 2 aliphatic rings. The van der Waals surface area contributed by atoms with Crippen LogP contribution >= 0.6 is 0 Å². The quantitative estimate of drug-likeness (QED) is 0.553. The third-order valence-corrected chi connectivity index (χ3v) is 2.51. The van der Waals surface area contributed by atoms with Gasteiger partial charge in [-0.05, 0) is 12.3 Å². The lowest BCUT2D eigenvalue weighted by atomic mass is 9.94. The van der Waals surface area contributed by atoms with Gasteiger partial charge in [0.15, 0.2) is 6.29 Å². The summed E-state index contributed by atoms with van der Waals surface area (Å²) in [7, 11) is 0. The smallest absolute Gasteiger partial charge is 0.158 e. The highest BCUT2D eigenvalue weighted by Gasteiger charge is 2.34. The molecule has 2 rings (SSSR count). The van der Waals surface area contributed by atoms with Gasteiger partial charge in [-0.25, -0.2) is 0 Å². The largest absolute Gasteiger partial charge is 0.350 e. The van der Waals surface area contributed by atoms with E-state index in [0.29, 0.717) is 6.10 Å². The zero-order valence-corrected chi connectivity index (χ0v) is 6.38. The molecule has 2 heterocycles. The van der Waals surface area contributed by atoms with E-state index >= 15 is 0 Å². The molecule has 0 amide bonds. The van der Waals surface area contributed by atoms with Crippen molar-refractivity contribution in [3.8, 4) is 0 Å². The Hall–Kier alpha value is -0.0800. The van der Waals surface area contributed by atoms with Crippen LogP contribution in [-0.4, -0.2) is 19.0 Å². The van der Waals surface area contributed by atoms with E-state index < -0.39 is 0 Å². The fourth-order valence-electron chi connectivity index (χ4n) is 1.83. The topological polar surface area (TPSA) is 18.5 Å². The summed E-state index contributed by atoms with van der Waals surface area (Å²) in [5.74, 6) is 0.853. The second-order valence-electron chi connectivity index (χ2n) is 3.27. The van der Waals surface area contributed by atoms with Gasteiger partial charge in [0.2, 0.25) is 0 Å². The van der Waals surface area contributed by atoms with Crippen LogP contribution in [-0.2, 0) is 9.47 Å². The number of rotatable bonds is 1. The molecule has 58 valence electrons. The van der Waals surface area contributed by atoms with Gasteiger partial charge < -0.3 is 9.47 Å². The van der Waals surface area contributed by atoms with Crippen LogP contribution in [0.15, 0.2) is 0 Å². The summed E-state index contributed by atoms with van der Waals surface area (Å²) in [6.45, 7) is 3.08. The summed E-state index contributed by atoms with van der Waals surface area (Å²) >= 11 is 0. The fourth-order valence-corrected chi connectivity index (χ4v) is 1.83. The van der Waals surface area contributed by atoms with Crippen molar-refractivity contribution < 1.29 is 9.47 Å². The molecule has 0 aromatic carbocycles. The Morgan fingerprint density at radius 2 is 2.30 bits per heavy atom. The number of hydrogen-bond donors (Lipinski definition) is 0. The summed E-state index contributed by atoms with van der Waals surface area (Å²) in [4.78, 5) is 0. The van der Waals surface area contributed by atoms with Gasteiger partial charge >= 0.3 is 0 Å². The van der Waals surface area contributed by atoms with E-state index in [1.165, 1.54) is 12.8 Å². The van der Waals surface area contributed by atoms with Crippen molar-refractivity contribution in [3.63, 3.8) is 0 Å². The lowest BCUT2D eigenvalue weighted by Crippen LogP contribution is -2.25. The molecule has 10 heavy (non-hydrogen) atoms. The average Bonchev–Trinajstić information content (AvgIpc) is 2.30. The molecule has 0 radical (unpaired) electrons. The zero-order valence-electron chi connectivity index (χ0n) is 6.38. The molecule has 2 fully saturated rings. The van der Waals surface area contributed by atoms with Gasteiger partial charge in [-0.15, -0.1) is 0 Å². The summed E-state index contributed by atoms with van der Waals surface area (Å²) < 4.78 is 10.9. The van der Waals surface area contributed by atoms with E-state index in [1.807, 2.05) is 0 Å².